The molecule has 0 bridgehead atoms. The maximum atomic E-state index is 12.9. The number of hydrogen-bond acceptors (Lipinski definition) is 6. The van der Waals surface area contributed by atoms with E-state index in [2.05, 4.69) is 25.6 Å². The molecule has 32 heavy (non-hydrogen) atoms. The molecule has 1 saturated carbocycles. The van der Waals surface area contributed by atoms with E-state index in [-0.39, 0.29) is 5.95 Å². The Bertz CT molecular complexity index is 1140. The van der Waals surface area contributed by atoms with E-state index < -0.39 is 23.3 Å². The Labute approximate surface area is 182 Å². The molecule has 0 unspecified atom stereocenters. The molecular weight excluding hydrogens is 423 g/mol. The number of hydrogen-bond donors (Lipinski definition) is 2. The normalized spacial score (nSPS) is 16.0. The second-order valence-corrected chi connectivity index (χ2v) is 7.98. The SMILES string of the molecule is Cc1cc(Nc2nccc(C(F)(F)F)n2)cc(-c2cn(C3(C(N)=O)CCCCC3)nn2)c1. The lowest BCUT2D eigenvalue weighted by Gasteiger charge is -2.33. The molecule has 8 nitrogen and oxygen atoms in total. The standard InChI is InChI=1S/C21H22F3N7O/c1-13-9-14(11-15(10-13)27-19-26-8-5-17(28-19)21(22,23)24)16-12-31(30-29-16)20(18(25)32)6-3-2-4-7-20/h5,8-12H,2-4,6-7H2,1H3,(H2,25,32)(H,26,27,28). The van der Waals surface area contributed by atoms with Gasteiger partial charge in [-0.1, -0.05) is 24.5 Å². The molecule has 3 aromatic rings. The first kappa shape index (κ1) is 21.7. The van der Waals surface area contributed by atoms with Crippen molar-refractivity contribution < 1.29 is 18.0 Å². The van der Waals surface area contributed by atoms with E-state index in [0.29, 0.717) is 29.8 Å². The highest BCUT2D eigenvalue weighted by Crippen LogP contribution is 2.35. The van der Waals surface area contributed by atoms with E-state index in [9.17, 15) is 18.0 Å². The monoisotopic (exact) mass is 445 g/mol. The number of nitrogens with one attached hydrogen (secondary N) is 1. The minimum absolute atomic E-state index is 0.171. The van der Waals surface area contributed by atoms with Crippen molar-refractivity contribution in [1.82, 2.24) is 25.0 Å². The van der Waals surface area contributed by atoms with Crippen molar-refractivity contribution in [2.75, 3.05) is 5.32 Å². The minimum Gasteiger partial charge on any atom is -0.368 e. The first-order valence-corrected chi connectivity index (χ1v) is 10.2. The Morgan fingerprint density at radius 3 is 2.62 bits per heavy atom. The molecule has 0 radical (unpaired) electrons. The average Bonchev–Trinajstić information content (AvgIpc) is 3.24. The molecule has 3 N–H and O–H groups in total. The number of halogens is 3. The van der Waals surface area contributed by atoms with Crippen molar-refractivity contribution in [3.05, 3.63) is 47.9 Å². The van der Waals surface area contributed by atoms with Gasteiger partial charge >= 0.3 is 6.18 Å². The van der Waals surface area contributed by atoms with Gasteiger partial charge in [-0.05, 0) is 49.6 Å². The van der Waals surface area contributed by atoms with Gasteiger partial charge in [0.1, 0.15) is 16.9 Å². The van der Waals surface area contributed by atoms with Crippen LogP contribution in [0.1, 0.15) is 43.4 Å². The molecule has 1 aromatic carbocycles. The van der Waals surface area contributed by atoms with Crippen molar-refractivity contribution in [3.8, 4) is 11.3 Å². The number of alkyl halides is 3. The van der Waals surface area contributed by atoms with Crippen LogP contribution >= 0.6 is 0 Å². The van der Waals surface area contributed by atoms with Crippen LogP contribution in [0.3, 0.4) is 0 Å². The fourth-order valence-electron chi connectivity index (χ4n) is 4.04. The number of anilines is 2. The molecule has 1 fully saturated rings. The molecule has 1 aliphatic rings. The number of aromatic nitrogens is 5. The third kappa shape index (κ3) is 4.27. The molecule has 1 amide bonds. The maximum Gasteiger partial charge on any atom is 0.433 e. The highest BCUT2D eigenvalue weighted by Gasteiger charge is 2.41. The van der Waals surface area contributed by atoms with Gasteiger partial charge in [-0.2, -0.15) is 13.2 Å². The Morgan fingerprint density at radius 1 is 1.19 bits per heavy atom. The smallest absolute Gasteiger partial charge is 0.368 e. The zero-order valence-electron chi connectivity index (χ0n) is 17.4. The summed E-state index contributed by atoms with van der Waals surface area (Å²) in [5.74, 6) is -0.600. The molecule has 0 saturated heterocycles. The number of nitrogens with zero attached hydrogens (tertiary/aromatic N) is 5. The Kier molecular flexibility index (Phi) is 5.57. The number of nitrogens with two attached hydrogens (primary N) is 1. The van der Waals surface area contributed by atoms with Crippen molar-refractivity contribution in [1.29, 1.82) is 0 Å². The number of rotatable bonds is 5. The molecule has 1 aliphatic carbocycles. The van der Waals surface area contributed by atoms with Crippen LogP contribution in [0.5, 0.6) is 0 Å². The molecule has 168 valence electrons. The van der Waals surface area contributed by atoms with Crippen LogP contribution < -0.4 is 11.1 Å². The van der Waals surface area contributed by atoms with Crippen LogP contribution in [-0.4, -0.2) is 30.9 Å². The van der Waals surface area contributed by atoms with Crippen LogP contribution in [0.15, 0.2) is 36.7 Å². The summed E-state index contributed by atoms with van der Waals surface area (Å²) in [4.78, 5) is 19.7. The van der Waals surface area contributed by atoms with Crippen molar-refractivity contribution in [2.45, 2.75) is 50.7 Å². The van der Waals surface area contributed by atoms with Crippen LogP contribution in [-0.2, 0) is 16.5 Å². The van der Waals surface area contributed by atoms with Gasteiger partial charge in [-0.3, -0.25) is 4.79 Å². The quantitative estimate of drug-likeness (QED) is 0.615. The third-order valence-corrected chi connectivity index (χ3v) is 5.65. The zero-order valence-corrected chi connectivity index (χ0v) is 17.4. The van der Waals surface area contributed by atoms with Crippen LogP contribution in [0, 0.1) is 6.92 Å². The van der Waals surface area contributed by atoms with Gasteiger partial charge in [0.15, 0.2) is 0 Å². The van der Waals surface area contributed by atoms with Gasteiger partial charge in [-0.15, -0.1) is 5.10 Å². The molecule has 0 aliphatic heterocycles. The fraction of sp³-hybridized carbons (Fsp3) is 0.381. The predicted molar refractivity (Wildman–Crippen MR) is 111 cm³/mol. The number of aryl methyl sites for hydroxylation is 1. The van der Waals surface area contributed by atoms with Crippen molar-refractivity contribution in [2.24, 2.45) is 5.73 Å². The first-order valence-electron chi connectivity index (χ1n) is 10.2. The van der Waals surface area contributed by atoms with Crippen molar-refractivity contribution in [3.63, 3.8) is 0 Å². The van der Waals surface area contributed by atoms with Gasteiger partial charge in [-0.25, -0.2) is 14.6 Å². The summed E-state index contributed by atoms with van der Waals surface area (Å²) in [6.07, 6.45) is 2.20. The third-order valence-electron chi connectivity index (χ3n) is 5.65. The molecule has 2 aromatic heterocycles. The maximum absolute atomic E-state index is 12.9. The summed E-state index contributed by atoms with van der Waals surface area (Å²) in [7, 11) is 0. The summed E-state index contributed by atoms with van der Waals surface area (Å²) in [6, 6.07) is 6.14. The number of carbonyl (C=O) groups is 1. The van der Waals surface area contributed by atoms with Crippen LogP contribution in [0.25, 0.3) is 11.3 Å². The van der Waals surface area contributed by atoms with E-state index >= 15 is 0 Å². The molecule has 4 rings (SSSR count). The van der Waals surface area contributed by atoms with Crippen LogP contribution in [0.2, 0.25) is 0 Å². The van der Waals surface area contributed by atoms with Crippen LogP contribution in [0.4, 0.5) is 24.8 Å². The molecule has 0 spiro atoms. The summed E-state index contributed by atoms with van der Waals surface area (Å²) in [6.45, 7) is 1.85. The Balaban J connectivity index is 1.64. The molecule has 0 atom stereocenters. The zero-order chi connectivity index (χ0) is 22.9. The lowest BCUT2D eigenvalue weighted by Crippen LogP contribution is -2.48. The topological polar surface area (TPSA) is 112 Å². The average molecular weight is 445 g/mol. The number of primary amides is 1. The van der Waals surface area contributed by atoms with Gasteiger partial charge in [0.25, 0.3) is 0 Å². The van der Waals surface area contributed by atoms with Gasteiger partial charge in [0.2, 0.25) is 11.9 Å². The highest BCUT2D eigenvalue weighted by atomic mass is 19.4. The van der Waals surface area contributed by atoms with E-state index in [4.69, 9.17) is 5.73 Å². The molecule has 2 heterocycles. The predicted octanol–water partition coefficient (Wildman–Crippen LogP) is 3.95. The lowest BCUT2D eigenvalue weighted by molar-refractivity contribution is -0.141. The van der Waals surface area contributed by atoms with Crippen molar-refractivity contribution >= 4 is 17.5 Å². The summed E-state index contributed by atoms with van der Waals surface area (Å²) >= 11 is 0. The van der Waals surface area contributed by atoms with Gasteiger partial charge < -0.3 is 11.1 Å². The van der Waals surface area contributed by atoms with E-state index in [1.807, 2.05) is 13.0 Å². The van der Waals surface area contributed by atoms with Gasteiger partial charge in [0.05, 0.1) is 6.20 Å². The van der Waals surface area contributed by atoms with E-state index in [1.54, 1.807) is 23.0 Å². The molecule has 11 heteroatoms. The Morgan fingerprint density at radius 2 is 1.94 bits per heavy atom. The largest absolute Gasteiger partial charge is 0.433 e. The van der Waals surface area contributed by atoms with Gasteiger partial charge in [0, 0.05) is 17.4 Å². The molecular formula is C21H22F3N7O. The first-order chi connectivity index (χ1) is 15.2. The summed E-state index contributed by atoms with van der Waals surface area (Å²) in [5, 5.41) is 11.2. The number of carbonyl (C=O) groups excluding carboxylic acids is 1. The fourth-order valence-corrected chi connectivity index (χ4v) is 4.04. The minimum atomic E-state index is -4.56. The number of amides is 1. The second kappa shape index (κ2) is 8.21. The Hall–Kier alpha value is -3.50. The lowest BCUT2D eigenvalue weighted by atomic mass is 9.81. The summed E-state index contributed by atoms with van der Waals surface area (Å²) in [5.41, 5.74) is 6.35. The summed E-state index contributed by atoms with van der Waals surface area (Å²) < 4.78 is 40.3. The van der Waals surface area contributed by atoms with E-state index in [0.717, 1.165) is 37.1 Å². The number of benzene rings is 1. The highest BCUT2D eigenvalue weighted by molar-refractivity contribution is 5.83. The van der Waals surface area contributed by atoms with E-state index in [1.165, 1.54) is 0 Å². The second-order valence-electron chi connectivity index (χ2n) is 7.98.